The number of halogens is 2. The molecule has 0 saturated heterocycles. The Bertz CT molecular complexity index is 525. The molecule has 0 aliphatic carbocycles. The summed E-state index contributed by atoms with van der Waals surface area (Å²) in [6, 6.07) is 5.80. The van der Waals surface area contributed by atoms with Crippen molar-refractivity contribution in [3.05, 3.63) is 33.7 Å². The first kappa shape index (κ1) is 9.79. The summed E-state index contributed by atoms with van der Waals surface area (Å²) in [7, 11) is 0. The summed E-state index contributed by atoms with van der Waals surface area (Å²) >= 11 is 13.3. The van der Waals surface area contributed by atoms with E-state index >= 15 is 0 Å². The minimum atomic E-state index is 0.377. The van der Waals surface area contributed by atoms with E-state index < -0.39 is 0 Å². The van der Waals surface area contributed by atoms with E-state index in [0.29, 0.717) is 16.5 Å². The first-order valence-corrected chi connectivity index (χ1v) is 5.71. The van der Waals surface area contributed by atoms with E-state index in [0.717, 1.165) is 15.6 Å². The van der Waals surface area contributed by atoms with Crippen LogP contribution >= 0.6 is 34.5 Å². The van der Waals surface area contributed by atoms with Gasteiger partial charge in [0, 0.05) is 26.1 Å². The molecule has 1 aromatic carbocycles. The van der Waals surface area contributed by atoms with Crippen LogP contribution in [0.25, 0.3) is 10.1 Å². The molecule has 0 radical (unpaired) electrons. The molecule has 0 amide bonds. The number of benzene rings is 1. The molecule has 1 aromatic heterocycles. The average Bonchev–Trinajstić information content (AvgIpc) is 2.60. The van der Waals surface area contributed by atoms with Gasteiger partial charge in [0.1, 0.15) is 6.07 Å². The predicted molar refractivity (Wildman–Crippen MR) is 61.1 cm³/mol. The fourth-order valence-electron chi connectivity index (χ4n) is 1.34. The Labute approximate surface area is 95.5 Å². The van der Waals surface area contributed by atoms with Crippen molar-refractivity contribution in [3.8, 4) is 6.07 Å². The third-order valence-corrected chi connectivity index (χ3v) is 3.72. The number of hydrogen-bond donors (Lipinski definition) is 0. The number of fused-ring (bicyclic) bond motifs is 1. The molecule has 70 valence electrons. The molecule has 0 atom stereocenters. The van der Waals surface area contributed by atoms with E-state index in [1.807, 2.05) is 11.4 Å². The van der Waals surface area contributed by atoms with Crippen LogP contribution in [-0.4, -0.2) is 0 Å². The SMILES string of the molecule is N#Cc1csc2c(CCl)c(Cl)ccc12. The topological polar surface area (TPSA) is 23.8 Å². The molecule has 0 fully saturated rings. The number of nitriles is 1. The van der Waals surface area contributed by atoms with Gasteiger partial charge in [0.25, 0.3) is 0 Å². The first-order chi connectivity index (χ1) is 6.77. The molecular formula is C10H5Cl2NS. The van der Waals surface area contributed by atoms with Gasteiger partial charge in [0.05, 0.1) is 11.4 Å². The highest BCUT2D eigenvalue weighted by molar-refractivity contribution is 7.17. The molecule has 0 N–H and O–H groups in total. The fraction of sp³-hybridized carbons (Fsp3) is 0.100. The maximum atomic E-state index is 8.85. The van der Waals surface area contributed by atoms with Crippen molar-refractivity contribution in [2.24, 2.45) is 0 Å². The van der Waals surface area contributed by atoms with Gasteiger partial charge in [0.2, 0.25) is 0 Å². The van der Waals surface area contributed by atoms with Gasteiger partial charge in [-0.15, -0.1) is 22.9 Å². The van der Waals surface area contributed by atoms with E-state index in [4.69, 9.17) is 28.5 Å². The summed E-state index contributed by atoms with van der Waals surface area (Å²) in [5.41, 5.74) is 1.60. The van der Waals surface area contributed by atoms with E-state index in [1.54, 1.807) is 6.07 Å². The van der Waals surface area contributed by atoms with Crippen molar-refractivity contribution in [2.75, 3.05) is 0 Å². The highest BCUT2D eigenvalue weighted by Crippen LogP contribution is 2.33. The van der Waals surface area contributed by atoms with E-state index in [9.17, 15) is 0 Å². The highest BCUT2D eigenvalue weighted by Gasteiger charge is 2.09. The summed E-state index contributed by atoms with van der Waals surface area (Å²) in [4.78, 5) is 0. The Hall–Kier alpha value is -0.750. The summed E-state index contributed by atoms with van der Waals surface area (Å²) < 4.78 is 1.02. The molecule has 1 nitrogen and oxygen atoms in total. The second kappa shape index (κ2) is 3.78. The average molecular weight is 242 g/mol. The Morgan fingerprint density at radius 3 is 2.86 bits per heavy atom. The van der Waals surface area contributed by atoms with Crippen molar-refractivity contribution >= 4 is 44.6 Å². The molecule has 0 unspecified atom stereocenters. The molecule has 2 rings (SSSR count). The zero-order chi connectivity index (χ0) is 10.1. The molecule has 0 spiro atoms. The number of hydrogen-bond acceptors (Lipinski definition) is 2. The largest absolute Gasteiger partial charge is 0.192 e. The third-order valence-electron chi connectivity index (χ3n) is 2.04. The van der Waals surface area contributed by atoms with Gasteiger partial charge >= 0.3 is 0 Å². The maximum Gasteiger partial charge on any atom is 0.101 e. The lowest BCUT2D eigenvalue weighted by atomic mass is 10.1. The molecule has 2 aromatic rings. The molecule has 0 bridgehead atoms. The van der Waals surface area contributed by atoms with Gasteiger partial charge in [-0.1, -0.05) is 17.7 Å². The number of alkyl halides is 1. The Morgan fingerprint density at radius 2 is 2.21 bits per heavy atom. The summed E-state index contributed by atoms with van der Waals surface area (Å²) in [6.45, 7) is 0. The molecule has 14 heavy (non-hydrogen) atoms. The van der Waals surface area contributed by atoms with Crippen LogP contribution in [0.2, 0.25) is 5.02 Å². The molecule has 4 heteroatoms. The predicted octanol–water partition coefficient (Wildman–Crippen LogP) is 4.17. The van der Waals surface area contributed by atoms with Gasteiger partial charge in [0.15, 0.2) is 0 Å². The van der Waals surface area contributed by atoms with E-state index in [1.165, 1.54) is 11.3 Å². The number of thiophene rings is 1. The third kappa shape index (κ3) is 1.38. The fourth-order valence-corrected chi connectivity index (χ4v) is 3.09. The van der Waals surface area contributed by atoms with Crippen LogP contribution in [0.5, 0.6) is 0 Å². The minimum Gasteiger partial charge on any atom is -0.192 e. The van der Waals surface area contributed by atoms with Crippen molar-refractivity contribution in [2.45, 2.75) is 5.88 Å². The standard InChI is InChI=1S/C10H5Cl2NS/c11-3-8-9(12)2-1-7-6(4-13)5-14-10(7)8/h1-2,5H,3H2. The van der Waals surface area contributed by atoms with Crippen molar-refractivity contribution < 1.29 is 0 Å². The second-order valence-corrected chi connectivity index (χ2v) is 4.35. The highest BCUT2D eigenvalue weighted by atomic mass is 35.5. The number of rotatable bonds is 1. The molecule has 0 saturated carbocycles. The van der Waals surface area contributed by atoms with Gasteiger partial charge in [-0.05, 0) is 6.07 Å². The Kier molecular flexibility index (Phi) is 2.64. The van der Waals surface area contributed by atoms with E-state index in [2.05, 4.69) is 6.07 Å². The van der Waals surface area contributed by atoms with Gasteiger partial charge in [-0.25, -0.2) is 0 Å². The van der Waals surface area contributed by atoms with Crippen molar-refractivity contribution in [1.82, 2.24) is 0 Å². The minimum absolute atomic E-state index is 0.377. The summed E-state index contributed by atoms with van der Waals surface area (Å²) in [6.07, 6.45) is 0. The monoisotopic (exact) mass is 241 g/mol. The van der Waals surface area contributed by atoms with Crippen molar-refractivity contribution in [3.63, 3.8) is 0 Å². The van der Waals surface area contributed by atoms with Gasteiger partial charge in [-0.3, -0.25) is 0 Å². The van der Waals surface area contributed by atoms with Crippen LogP contribution in [0.4, 0.5) is 0 Å². The number of nitrogens with zero attached hydrogens (tertiary/aromatic N) is 1. The summed E-state index contributed by atoms with van der Waals surface area (Å²) in [5, 5.41) is 12.3. The van der Waals surface area contributed by atoms with Crippen molar-refractivity contribution in [1.29, 1.82) is 5.26 Å². The van der Waals surface area contributed by atoms with Gasteiger partial charge < -0.3 is 0 Å². The molecule has 0 aliphatic heterocycles. The lowest BCUT2D eigenvalue weighted by Crippen LogP contribution is -1.80. The lowest BCUT2D eigenvalue weighted by Gasteiger charge is -2.00. The quantitative estimate of drug-likeness (QED) is 0.688. The van der Waals surface area contributed by atoms with Crippen LogP contribution in [0, 0.1) is 11.3 Å². The Balaban J connectivity index is 2.85. The van der Waals surface area contributed by atoms with Crippen LogP contribution in [0.15, 0.2) is 17.5 Å². The second-order valence-electron chi connectivity index (χ2n) is 2.80. The zero-order valence-electron chi connectivity index (χ0n) is 7.05. The normalized spacial score (nSPS) is 10.4. The van der Waals surface area contributed by atoms with Crippen LogP contribution in [-0.2, 0) is 5.88 Å². The smallest absolute Gasteiger partial charge is 0.101 e. The van der Waals surface area contributed by atoms with Crippen LogP contribution < -0.4 is 0 Å². The lowest BCUT2D eigenvalue weighted by molar-refractivity contribution is 1.47. The van der Waals surface area contributed by atoms with Gasteiger partial charge in [-0.2, -0.15) is 5.26 Å². The zero-order valence-corrected chi connectivity index (χ0v) is 9.38. The first-order valence-electron chi connectivity index (χ1n) is 3.92. The molecule has 0 aliphatic rings. The molecule has 1 heterocycles. The van der Waals surface area contributed by atoms with Crippen LogP contribution in [0.3, 0.4) is 0 Å². The molecular weight excluding hydrogens is 237 g/mol. The van der Waals surface area contributed by atoms with Crippen LogP contribution in [0.1, 0.15) is 11.1 Å². The Morgan fingerprint density at radius 1 is 1.43 bits per heavy atom. The summed E-state index contributed by atoms with van der Waals surface area (Å²) in [5.74, 6) is 0.377. The maximum absolute atomic E-state index is 8.85. The van der Waals surface area contributed by atoms with E-state index in [-0.39, 0.29) is 0 Å².